The van der Waals surface area contributed by atoms with Crippen LogP contribution in [0.25, 0.3) is 6.08 Å². The summed E-state index contributed by atoms with van der Waals surface area (Å²) < 4.78 is 39.4. The average Bonchev–Trinajstić information content (AvgIpc) is 3.54. The Kier molecular flexibility index (Phi) is 9.08. The van der Waals surface area contributed by atoms with Gasteiger partial charge in [0.05, 0.1) is 5.56 Å². The number of halogens is 3. The van der Waals surface area contributed by atoms with E-state index in [9.17, 15) is 18.0 Å². The minimum atomic E-state index is -4.39. The van der Waals surface area contributed by atoms with Gasteiger partial charge in [-0.2, -0.15) is 13.2 Å². The second kappa shape index (κ2) is 12.9. The number of benzene rings is 2. The van der Waals surface area contributed by atoms with Gasteiger partial charge in [-0.15, -0.1) is 0 Å². The molecular formula is C33H37F3N4O. The summed E-state index contributed by atoms with van der Waals surface area (Å²) in [5.74, 6) is -0.135. The van der Waals surface area contributed by atoms with Gasteiger partial charge in [-0.3, -0.25) is 14.7 Å². The Bertz CT molecular complexity index is 1320. The third-order valence-corrected chi connectivity index (χ3v) is 8.38. The summed E-state index contributed by atoms with van der Waals surface area (Å²) in [7, 11) is 1.99. The van der Waals surface area contributed by atoms with Crippen molar-refractivity contribution in [1.29, 1.82) is 0 Å². The van der Waals surface area contributed by atoms with Gasteiger partial charge in [-0.1, -0.05) is 37.1 Å². The molecule has 41 heavy (non-hydrogen) atoms. The van der Waals surface area contributed by atoms with Gasteiger partial charge < -0.3 is 10.2 Å². The number of carbonyl (C=O) groups is 1. The molecule has 5 nitrogen and oxygen atoms in total. The number of pyridine rings is 1. The summed E-state index contributed by atoms with van der Waals surface area (Å²) in [6, 6.07) is 17.5. The molecule has 5 rings (SSSR count). The Morgan fingerprint density at radius 1 is 0.951 bits per heavy atom. The summed E-state index contributed by atoms with van der Waals surface area (Å²) in [6.45, 7) is 2.21. The number of piperidine rings is 1. The quantitative estimate of drug-likeness (QED) is 0.295. The van der Waals surface area contributed by atoms with Gasteiger partial charge >= 0.3 is 6.18 Å². The maximum atomic E-state index is 13.6. The molecule has 216 valence electrons. The number of alkyl halides is 3. The molecule has 1 amide bonds. The van der Waals surface area contributed by atoms with Crippen LogP contribution < -0.4 is 10.2 Å². The van der Waals surface area contributed by atoms with Crippen LogP contribution in [0.15, 0.2) is 78.6 Å². The Balaban J connectivity index is 1.31. The molecule has 0 spiro atoms. The minimum Gasteiger partial charge on any atom is -0.348 e. The number of nitrogens with zero attached hydrogens (tertiary/aromatic N) is 3. The van der Waals surface area contributed by atoms with E-state index < -0.39 is 11.7 Å². The monoisotopic (exact) mass is 562 g/mol. The Morgan fingerprint density at radius 2 is 1.61 bits per heavy atom. The van der Waals surface area contributed by atoms with Crippen LogP contribution in [-0.2, 0) is 17.5 Å². The molecule has 1 aliphatic carbocycles. The summed E-state index contributed by atoms with van der Waals surface area (Å²) in [4.78, 5) is 22.3. The molecule has 3 aromatic rings. The van der Waals surface area contributed by atoms with Crippen LogP contribution in [0.4, 0.5) is 24.5 Å². The zero-order chi connectivity index (χ0) is 28.8. The van der Waals surface area contributed by atoms with Gasteiger partial charge in [-0.05, 0) is 85.8 Å². The van der Waals surface area contributed by atoms with Crippen LogP contribution >= 0.6 is 0 Å². The fourth-order valence-corrected chi connectivity index (χ4v) is 6.02. The Morgan fingerprint density at radius 3 is 2.27 bits per heavy atom. The first kappa shape index (κ1) is 28.9. The molecular weight excluding hydrogens is 525 g/mol. The van der Waals surface area contributed by atoms with Crippen molar-refractivity contribution < 1.29 is 18.0 Å². The second-order valence-electron chi connectivity index (χ2n) is 11.1. The summed E-state index contributed by atoms with van der Waals surface area (Å²) >= 11 is 0. The molecule has 2 heterocycles. The third-order valence-electron chi connectivity index (χ3n) is 8.38. The molecule has 0 radical (unpaired) electrons. The Hall–Kier alpha value is -3.65. The number of anilines is 2. The molecule has 2 aromatic carbocycles. The summed E-state index contributed by atoms with van der Waals surface area (Å²) in [5.41, 5.74) is 3.56. The lowest BCUT2D eigenvalue weighted by molar-refractivity contribution is -0.137. The largest absolute Gasteiger partial charge is 0.416 e. The van der Waals surface area contributed by atoms with E-state index in [0.29, 0.717) is 23.7 Å². The van der Waals surface area contributed by atoms with Crippen LogP contribution in [-0.4, -0.2) is 42.0 Å². The molecule has 2 aliphatic rings. The third kappa shape index (κ3) is 7.36. The highest BCUT2D eigenvalue weighted by molar-refractivity contribution is 5.98. The maximum absolute atomic E-state index is 13.6. The van der Waals surface area contributed by atoms with Gasteiger partial charge in [0.2, 0.25) is 5.91 Å². The summed E-state index contributed by atoms with van der Waals surface area (Å²) in [5, 5.41) is 3.09. The predicted octanol–water partition coefficient (Wildman–Crippen LogP) is 7.22. The lowest BCUT2D eigenvalue weighted by atomic mass is 9.87. The fraction of sp³-hybridized carbons (Fsp3) is 0.394. The smallest absolute Gasteiger partial charge is 0.348 e. The standard InChI is InChI=1S/C33H37F3N4O/c1-39(29-16-18-37-19-17-29)28-14-10-25(11-15-28)22-38-32(41)31(21-24-8-12-27(13-9-24)33(34,35)36)26-5-4-20-40(23-26)30-6-2-3-7-30/h8-19,21,26,30H,2-7,20,22-23H2,1H3,(H,38,41)/t26-/m1/s1. The zero-order valence-corrected chi connectivity index (χ0v) is 23.4. The van der Waals surface area contributed by atoms with Crippen LogP contribution in [0.5, 0.6) is 0 Å². The van der Waals surface area contributed by atoms with Crippen molar-refractivity contribution in [2.24, 2.45) is 5.92 Å². The van der Waals surface area contributed by atoms with Crippen molar-refractivity contribution >= 4 is 23.4 Å². The van der Waals surface area contributed by atoms with Crippen molar-refractivity contribution in [2.75, 3.05) is 25.0 Å². The molecule has 0 bridgehead atoms. The lowest BCUT2D eigenvalue weighted by Crippen LogP contribution is -2.43. The van der Waals surface area contributed by atoms with Gasteiger partial charge in [0, 0.05) is 61.4 Å². The number of carbonyl (C=O) groups excluding carboxylic acids is 1. The molecule has 1 aromatic heterocycles. The van der Waals surface area contributed by atoms with Crippen LogP contribution in [0.2, 0.25) is 0 Å². The summed E-state index contributed by atoms with van der Waals surface area (Å²) in [6.07, 6.45) is 7.68. The predicted molar refractivity (Wildman–Crippen MR) is 157 cm³/mol. The van der Waals surface area contributed by atoms with Gasteiger partial charge in [0.25, 0.3) is 0 Å². The van der Waals surface area contributed by atoms with Crippen molar-refractivity contribution in [1.82, 2.24) is 15.2 Å². The van der Waals surface area contributed by atoms with Gasteiger partial charge in [0.15, 0.2) is 0 Å². The van der Waals surface area contributed by atoms with Gasteiger partial charge in [-0.25, -0.2) is 0 Å². The highest BCUT2D eigenvalue weighted by Crippen LogP contribution is 2.33. The van der Waals surface area contributed by atoms with Crippen molar-refractivity contribution in [3.63, 3.8) is 0 Å². The number of nitrogens with one attached hydrogen (secondary N) is 1. The maximum Gasteiger partial charge on any atom is 0.416 e. The normalized spacial score (nSPS) is 18.8. The first-order valence-electron chi connectivity index (χ1n) is 14.4. The van der Waals surface area contributed by atoms with E-state index in [1.54, 1.807) is 18.5 Å². The van der Waals surface area contributed by atoms with E-state index in [1.807, 2.05) is 43.4 Å². The zero-order valence-electron chi connectivity index (χ0n) is 23.4. The first-order valence-corrected chi connectivity index (χ1v) is 14.4. The van der Waals surface area contributed by atoms with Crippen molar-refractivity contribution in [2.45, 2.75) is 57.3 Å². The van der Waals surface area contributed by atoms with Crippen molar-refractivity contribution in [3.8, 4) is 0 Å². The topological polar surface area (TPSA) is 48.5 Å². The Labute approximate surface area is 240 Å². The van der Waals surface area contributed by atoms with E-state index >= 15 is 0 Å². The van der Waals surface area contributed by atoms with E-state index in [1.165, 1.54) is 37.8 Å². The van der Waals surface area contributed by atoms with Crippen LogP contribution in [0.3, 0.4) is 0 Å². The molecule has 1 saturated carbocycles. The van der Waals surface area contributed by atoms with E-state index in [-0.39, 0.29) is 11.8 Å². The average molecular weight is 563 g/mol. The highest BCUT2D eigenvalue weighted by Gasteiger charge is 2.32. The lowest BCUT2D eigenvalue weighted by Gasteiger charge is -2.37. The second-order valence-corrected chi connectivity index (χ2v) is 11.1. The number of hydrogen-bond donors (Lipinski definition) is 1. The fourth-order valence-electron chi connectivity index (χ4n) is 6.02. The van der Waals surface area contributed by atoms with Gasteiger partial charge in [0.1, 0.15) is 0 Å². The number of hydrogen-bond acceptors (Lipinski definition) is 4. The molecule has 8 heteroatoms. The van der Waals surface area contributed by atoms with Crippen LogP contribution in [0, 0.1) is 5.92 Å². The highest BCUT2D eigenvalue weighted by atomic mass is 19.4. The molecule has 1 saturated heterocycles. The van der Waals surface area contributed by atoms with E-state index in [4.69, 9.17) is 0 Å². The number of aromatic nitrogens is 1. The number of amides is 1. The molecule has 0 unspecified atom stereocenters. The first-order chi connectivity index (χ1) is 19.8. The minimum absolute atomic E-state index is 0.0306. The van der Waals surface area contributed by atoms with E-state index in [2.05, 4.69) is 20.1 Å². The van der Waals surface area contributed by atoms with Crippen LogP contribution in [0.1, 0.15) is 55.2 Å². The molecule has 1 atom stereocenters. The number of likely N-dealkylation sites (tertiary alicyclic amines) is 1. The van der Waals surface area contributed by atoms with Crippen molar-refractivity contribution in [3.05, 3.63) is 95.3 Å². The molecule has 1 aliphatic heterocycles. The number of rotatable bonds is 8. The van der Waals surface area contributed by atoms with E-state index in [0.717, 1.165) is 55.0 Å². The SMILES string of the molecule is CN(c1ccncc1)c1ccc(CNC(=O)C(=Cc2ccc(C(F)(F)F)cc2)[C@@H]2CCCN(C3CCCC3)C2)cc1. The molecule has 2 fully saturated rings. The molecule has 1 N–H and O–H groups in total.